The summed E-state index contributed by atoms with van der Waals surface area (Å²) in [4.78, 5) is 21.4. The minimum atomic E-state index is -0.343. The fourth-order valence-corrected chi connectivity index (χ4v) is 2.70. The molecular weight excluding hydrogens is 356 g/mol. The Morgan fingerprint density at radius 3 is 2.39 bits per heavy atom. The summed E-state index contributed by atoms with van der Waals surface area (Å²) in [6.45, 7) is 3.82. The van der Waals surface area contributed by atoms with E-state index in [-0.39, 0.29) is 11.6 Å². The number of nitrogens with zero attached hydrogens (tertiary/aromatic N) is 2. The molecule has 0 saturated carbocycles. The van der Waals surface area contributed by atoms with Crippen molar-refractivity contribution < 1.29 is 14.3 Å². The molecule has 0 bridgehead atoms. The van der Waals surface area contributed by atoms with Gasteiger partial charge in [-0.1, -0.05) is 12.1 Å². The third-order valence-electron chi connectivity index (χ3n) is 4.00. The van der Waals surface area contributed by atoms with Crippen molar-refractivity contribution in [2.45, 2.75) is 13.8 Å². The van der Waals surface area contributed by atoms with Crippen LogP contribution in [0.3, 0.4) is 0 Å². The van der Waals surface area contributed by atoms with Crippen LogP contribution in [0.2, 0.25) is 0 Å². The van der Waals surface area contributed by atoms with E-state index in [2.05, 4.69) is 20.6 Å². The van der Waals surface area contributed by atoms with Gasteiger partial charge < -0.3 is 20.1 Å². The van der Waals surface area contributed by atoms with Gasteiger partial charge in [0.15, 0.2) is 11.5 Å². The van der Waals surface area contributed by atoms with Crippen molar-refractivity contribution in [3.63, 3.8) is 0 Å². The highest BCUT2D eigenvalue weighted by Crippen LogP contribution is 2.30. The minimum absolute atomic E-state index is 0.262. The Morgan fingerprint density at radius 2 is 1.68 bits per heavy atom. The Hall–Kier alpha value is -3.61. The summed E-state index contributed by atoms with van der Waals surface area (Å²) in [6.07, 6.45) is 0. The average Bonchev–Trinajstić information content (AvgIpc) is 2.67. The lowest BCUT2D eigenvalue weighted by Gasteiger charge is -2.11. The third kappa shape index (κ3) is 4.56. The molecule has 7 heteroatoms. The highest BCUT2D eigenvalue weighted by molar-refractivity contribution is 6.03. The van der Waals surface area contributed by atoms with Gasteiger partial charge in [0.1, 0.15) is 5.69 Å². The normalized spacial score (nSPS) is 10.3. The zero-order valence-corrected chi connectivity index (χ0v) is 16.2. The summed E-state index contributed by atoms with van der Waals surface area (Å²) in [6, 6.07) is 14.6. The molecule has 1 aromatic heterocycles. The summed E-state index contributed by atoms with van der Waals surface area (Å²) in [5.41, 5.74) is 3.49. The molecule has 2 aromatic carbocycles. The van der Waals surface area contributed by atoms with E-state index in [0.29, 0.717) is 28.8 Å². The molecule has 7 nitrogen and oxygen atoms in total. The maximum Gasteiger partial charge on any atom is 0.274 e. The second-order valence-corrected chi connectivity index (χ2v) is 6.24. The second kappa shape index (κ2) is 8.39. The Kier molecular flexibility index (Phi) is 5.74. The van der Waals surface area contributed by atoms with Gasteiger partial charge in [-0.15, -0.1) is 0 Å². The van der Waals surface area contributed by atoms with Crippen LogP contribution in [0.25, 0.3) is 0 Å². The van der Waals surface area contributed by atoms with Gasteiger partial charge in [0, 0.05) is 23.1 Å². The third-order valence-corrected chi connectivity index (χ3v) is 4.00. The molecule has 1 heterocycles. The molecule has 0 saturated heterocycles. The van der Waals surface area contributed by atoms with Crippen LogP contribution in [0.5, 0.6) is 11.5 Å². The molecule has 0 unspecified atom stereocenters. The van der Waals surface area contributed by atoms with Crippen molar-refractivity contribution in [1.29, 1.82) is 0 Å². The van der Waals surface area contributed by atoms with Crippen molar-refractivity contribution in [2.24, 2.45) is 0 Å². The Morgan fingerprint density at radius 1 is 0.893 bits per heavy atom. The Labute approximate surface area is 163 Å². The predicted octanol–water partition coefficient (Wildman–Crippen LogP) is 4.11. The van der Waals surface area contributed by atoms with Gasteiger partial charge in [0.25, 0.3) is 5.91 Å². The zero-order valence-electron chi connectivity index (χ0n) is 16.2. The average molecular weight is 378 g/mol. The fraction of sp³-hybridized carbons (Fsp3) is 0.190. The van der Waals surface area contributed by atoms with Gasteiger partial charge in [0.05, 0.1) is 14.2 Å². The molecule has 3 aromatic rings. The number of anilines is 3. The van der Waals surface area contributed by atoms with Crippen molar-refractivity contribution >= 4 is 23.2 Å². The number of rotatable bonds is 6. The van der Waals surface area contributed by atoms with Gasteiger partial charge in [-0.3, -0.25) is 4.79 Å². The molecule has 28 heavy (non-hydrogen) atoms. The number of carbonyl (C=O) groups excluding carboxylic acids is 1. The topological polar surface area (TPSA) is 85.4 Å². The molecule has 2 N–H and O–H groups in total. The molecule has 0 aliphatic carbocycles. The van der Waals surface area contributed by atoms with E-state index in [1.807, 2.05) is 38.1 Å². The molecule has 0 fully saturated rings. The van der Waals surface area contributed by atoms with E-state index >= 15 is 0 Å². The molecule has 0 atom stereocenters. The van der Waals surface area contributed by atoms with E-state index in [1.54, 1.807) is 38.5 Å². The van der Waals surface area contributed by atoms with Crippen LogP contribution in [0, 0.1) is 13.8 Å². The van der Waals surface area contributed by atoms with Crippen molar-refractivity contribution in [2.75, 3.05) is 24.9 Å². The highest BCUT2D eigenvalue weighted by atomic mass is 16.5. The second-order valence-electron chi connectivity index (χ2n) is 6.24. The zero-order chi connectivity index (χ0) is 20.1. The number of benzene rings is 2. The predicted molar refractivity (Wildman–Crippen MR) is 109 cm³/mol. The van der Waals surface area contributed by atoms with E-state index in [1.165, 1.54) is 0 Å². The fourth-order valence-electron chi connectivity index (χ4n) is 2.70. The van der Waals surface area contributed by atoms with Crippen molar-refractivity contribution in [3.05, 3.63) is 65.5 Å². The van der Waals surface area contributed by atoms with Gasteiger partial charge in [-0.2, -0.15) is 0 Å². The quantitative estimate of drug-likeness (QED) is 0.671. The number of nitrogens with one attached hydrogen (secondary N) is 2. The number of amides is 1. The molecular formula is C21H22N4O3. The SMILES string of the molecule is COc1ccc(NC(=O)c2cc(C)nc(Nc3cccc(C)c3)n2)cc1OC. The Balaban J connectivity index is 1.81. The molecule has 0 aliphatic rings. The molecule has 0 radical (unpaired) electrons. The largest absolute Gasteiger partial charge is 0.493 e. The molecule has 3 rings (SSSR count). The number of methoxy groups -OCH3 is 2. The first kappa shape index (κ1) is 19.2. The van der Waals surface area contributed by atoms with Crippen LogP contribution in [-0.4, -0.2) is 30.1 Å². The van der Waals surface area contributed by atoms with Gasteiger partial charge in [-0.25, -0.2) is 9.97 Å². The van der Waals surface area contributed by atoms with Crippen LogP contribution in [0.1, 0.15) is 21.7 Å². The number of aryl methyl sites for hydroxylation is 2. The number of carbonyl (C=O) groups is 1. The number of aromatic nitrogens is 2. The molecule has 144 valence electrons. The van der Waals surface area contributed by atoms with Crippen LogP contribution >= 0.6 is 0 Å². The summed E-state index contributed by atoms with van der Waals surface area (Å²) < 4.78 is 10.5. The Bertz CT molecular complexity index is 1000. The number of ether oxygens (including phenoxy) is 2. The van der Waals surface area contributed by atoms with Crippen molar-refractivity contribution in [3.8, 4) is 11.5 Å². The summed E-state index contributed by atoms with van der Waals surface area (Å²) in [5, 5.41) is 5.96. The number of hydrogen-bond acceptors (Lipinski definition) is 6. The first-order valence-corrected chi connectivity index (χ1v) is 8.71. The smallest absolute Gasteiger partial charge is 0.274 e. The van der Waals surface area contributed by atoms with Crippen LogP contribution in [-0.2, 0) is 0 Å². The summed E-state index contributed by atoms with van der Waals surface area (Å²) in [5.74, 6) is 1.14. The van der Waals surface area contributed by atoms with E-state index in [4.69, 9.17) is 9.47 Å². The lowest BCUT2D eigenvalue weighted by molar-refractivity contribution is 0.102. The lowest BCUT2D eigenvalue weighted by atomic mass is 10.2. The monoisotopic (exact) mass is 378 g/mol. The molecule has 0 spiro atoms. The van der Waals surface area contributed by atoms with Crippen LogP contribution < -0.4 is 20.1 Å². The first-order chi connectivity index (χ1) is 13.5. The lowest BCUT2D eigenvalue weighted by Crippen LogP contribution is -2.15. The van der Waals surface area contributed by atoms with Crippen LogP contribution in [0.4, 0.5) is 17.3 Å². The van der Waals surface area contributed by atoms with Gasteiger partial charge in [0.2, 0.25) is 5.95 Å². The molecule has 1 amide bonds. The van der Waals surface area contributed by atoms with E-state index in [9.17, 15) is 4.79 Å². The number of hydrogen-bond donors (Lipinski definition) is 2. The standard InChI is InChI=1S/C21H22N4O3/c1-13-6-5-7-15(10-13)24-21-22-14(2)11-17(25-21)20(26)23-16-8-9-18(27-3)19(12-16)28-4/h5-12H,1-4H3,(H,23,26)(H,22,24,25). The first-order valence-electron chi connectivity index (χ1n) is 8.71. The summed E-state index contributed by atoms with van der Waals surface area (Å²) in [7, 11) is 3.10. The van der Waals surface area contributed by atoms with Gasteiger partial charge in [-0.05, 0) is 49.7 Å². The van der Waals surface area contributed by atoms with Crippen LogP contribution in [0.15, 0.2) is 48.5 Å². The summed E-state index contributed by atoms with van der Waals surface area (Å²) >= 11 is 0. The van der Waals surface area contributed by atoms with Crippen molar-refractivity contribution in [1.82, 2.24) is 9.97 Å². The molecule has 0 aliphatic heterocycles. The van der Waals surface area contributed by atoms with E-state index < -0.39 is 0 Å². The highest BCUT2D eigenvalue weighted by Gasteiger charge is 2.13. The maximum atomic E-state index is 12.7. The minimum Gasteiger partial charge on any atom is -0.493 e. The maximum absolute atomic E-state index is 12.7. The van der Waals surface area contributed by atoms with Gasteiger partial charge >= 0.3 is 0 Å². The van der Waals surface area contributed by atoms with E-state index in [0.717, 1.165) is 11.3 Å².